The fraction of sp³-hybridized carbons (Fsp3) is 0.533. The van der Waals surface area contributed by atoms with Crippen LogP contribution in [0, 0.1) is 25.0 Å². The third-order valence-corrected chi connectivity index (χ3v) is 5.03. The Morgan fingerprint density at radius 3 is 2.62 bits per heavy atom. The normalized spacial score (nSPS) is 18.9. The Balaban J connectivity index is 2.22. The molecule has 2 rings (SSSR count). The number of likely N-dealkylation sites (tertiary alicyclic amines) is 1. The lowest BCUT2D eigenvalue weighted by Crippen LogP contribution is -2.31. The molecule has 1 amide bonds. The molecule has 1 unspecified atom stereocenters. The Morgan fingerprint density at radius 2 is 2.10 bits per heavy atom. The van der Waals surface area contributed by atoms with E-state index < -0.39 is 4.92 Å². The third kappa shape index (κ3) is 3.53. The van der Waals surface area contributed by atoms with E-state index in [4.69, 9.17) is 0 Å². The molecular weight excluding hydrogens is 383 g/mol. The average Bonchev–Trinajstić information content (AvgIpc) is 2.87. The number of hydrogen-bond donors (Lipinski definition) is 0. The molecule has 0 aliphatic carbocycles. The van der Waals surface area contributed by atoms with Gasteiger partial charge in [0.2, 0.25) is 0 Å². The van der Waals surface area contributed by atoms with E-state index in [2.05, 4.69) is 43.4 Å². The molecule has 0 bridgehead atoms. The lowest BCUT2D eigenvalue weighted by atomic mass is 9.80. The van der Waals surface area contributed by atoms with Crippen LogP contribution >= 0.6 is 22.6 Å². The molecule has 1 heterocycles. The van der Waals surface area contributed by atoms with Crippen LogP contribution in [-0.4, -0.2) is 28.8 Å². The summed E-state index contributed by atoms with van der Waals surface area (Å²) in [6.45, 7) is 7.99. The summed E-state index contributed by atoms with van der Waals surface area (Å²) in [7, 11) is 0. The van der Waals surface area contributed by atoms with Gasteiger partial charge in [-0.2, -0.15) is 0 Å². The smallest absolute Gasteiger partial charge is 0.270 e. The van der Waals surface area contributed by atoms with Crippen molar-refractivity contribution in [2.45, 2.75) is 27.2 Å². The van der Waals surface area contributed by atoms with Crippen molar-refractivity contribution in [2.24, 2.45) is 11.3 Å². The van der Waals surface area contributed by atoms with Gasteiger partial charge in [0.1, 0.15) is 0 Å². The van der Waals surface area contributed by atoms with Crippen LogP contribution in [0.1, 0.15) is 37.6 Å². The van der Waals surface area contributed by atoms with E-state index in [1.165, 1.54) is 12.1 Å². The second-order valence-corrected chi connectivity index (χ2v) is 7.69. The highest BCUT2D eigenvalue weighted by Crippen LogP contribution is 2.34. The van der Waals surface area contributed by atoms with E-state index in [-0.39, 0.29) is 17.0 Å². The van der Waals surface area contributed by atoms with Gasteiger partial charge in [0.25, 0.3) is 11.6 Å². The fourth-order valence-electron chi connectivity index (χ4n) is 2.61. The van der Waals surface area contributed by atoms with Crippen molar-refractivity contribution < 1.29 is 9.72 Å². The second kappa shape index (κ2) is 5.90. The highest BCUT2D eigenvalue weighted by atomic mass is 127. The fourth-order valence-corrected chi connectivity index (χ4v) is 3.18. The van der Waals surface area contributed by atoms with Crippen molar-refractivity contribution in [3.8, 4) is 0 Å². The van der Waals surface area contributed by atoms with Gasteiger partial charge in [-0.3, -0.25) is 14.9 Å². The number of carbonyl (C=O) groups excluding carboxylic acids is 1. The highest BCUT2D eigenvalue weighted by molar-refractivity contribution is 14.1. The molecule has 114 valence electrons. The van der Waals surface area contributed by atoms with Gasteiger partial charge in [0.05, 0.1) is 10.5 Å². The largest absolute Gasteiger partial charge is 0.338 e. The van der Waals surface area contributed by atoms with Crippen molar-refractivity contribution in [3.05, 3.63) is 37.4 Å². The number of nitrogens with zero attached hydrogens (tertiary/aromatic N) is 2. The summed E-state index contributed by atoms with van der Waals surface area (Å²) in [6, 6.07) is 4.44. The molecule has 1 saturated heterocycles. The zero-order chi connectivity index (χ0) is 15.8. The first kappa shape index (κ1) is 16.2. The van der Waals surface area contributed by atoms with Gasteiger partial charge < -0.3 is 4.90 Å². The summed E-state index contributed by atoms with van der Waals surface area (Å²) in [6.07, 6.45) is 0.987. The first-order chi connectivity index (χ1) is 9.70. The summed E-state index contributed by atoms with van der Waals surface area (Å²) in [5.74, 6) is 0.368. The Hall–Kier alpha value is -1.18. The standard InChI is InChI=1S/C15H19IN2O3/c1-15(2,3)10-6-7-17(9-10)14(19)12-8-11(18(20)21)4-5-13(12)16/h4-5,8,10H,6-7,9H2,1-3H3. The second-order valence-electron chi connectivity index (χ2n) is 6.52. The Morgan fingerprint density at radius 1 is 1.43 bits per heavy atom. The van der Waals surface area contributed by atoms with Gasteiger partial charge in [-0.05, 0) is 46.4 Å². The number of benzene rings is 1. The van der Waals surface area contributed by atoms with Gasteiger partial charge in [-0.1, -0.05) is 20.8 Å². The van der Waals surface area contributed by atoms with E-state index in [9.17, 15) is 14.9 Å². The summed E-state index contributed by atoms with van der Waals surface area (Å²) >= 11 is 2.05. The number of nitro groups is 1. The monoisotopic (exact) mass is 402 g/mol. The maximum atomic E-state index is 12.6. The summed E-state index contributed by atoms with van der Waals surface area (Å²) in [4.78, 5) is 24.8. The van der Waals surface area contributed by atoms with Crippen LogP contribution in [0.5, 0.6) is 0 Å². The molecule has 1 fully saturated rings. The molecule has 5 nitrogen and oxygen atoms in total. The van der Waals surface area contributed by atoms with Gasteiger partial charge in [0, 0.05) is 28.8 Å². The van der Waals surface area contributed by atoms with Crippen LogP contribution < -0.4 is 0 Å². The maximum Gasteiger partial charge on any atom is 0.270 e. The van der Waals surface area contributed by atoms with Crippen LogP contribution in [0.4, 0.5) is 5.69 Å². The zero-order valence-electron chi connectivity index (χ0n) is 12.4. The van der Waals surface area contributed by atoms with Crippen molar-refractivity contribution in [1.82, 2.24) is 4.90 Å². The predicted octanol–water partition coefficient (Wildman–Crippen LogP) is 3.71. The van der Waals surface area contributed by atoms with Crippen molar-refractivity contribution >= 4 is 34.2 Å². The van der Waals surface area contributed by atoms with E-state index in [1.54, 1.807) is 6.07 Å². The number of rotatable bonds is 2. The first-order valence-electron chi connectivity index (χ1n) is 6.93. The van der Waals surface area contributed by atoms with E-state index in [1.807, 2.05) is 4.90 Å². The van der Waals surface area contributed by atoms with E-state index in [0.29, 0.717) is 11.5 Å². The average molecular weight is 402 g/mol. The summed E-state index contributed by atoms with van der Waals surface area (Å²) in [5.41, 5.74) is 0.565. The topological polar surface area (TPSA) is 63.5 Å². The molecule has 0 radical (unpaired) electrons. The molecule has 1 aromatic rings. The molecule has 1 aliphatic heterocycles. The molecule has 0 saturated carbocycles. The number of halogens is 1. The van der Waals surface area contributed by atoms with Crippen LogP contribution in [0.15, 0.2) is 18.2 Å². The molecule has 6 heteroatoms. The number of hydrogen-bond acceptors (Lipinski definition) is 3. The van der Waals surface area contributed by atoms with Crippen molar-refractivity contribution in [3.63, 3.8) is 0 Å². The first-order valence-corrected chi connectivity index (χ1v) is 8.01. The van der Waals surface area contributed by atoms with Crippen molar-refractivity contribution in [1.29, 1.82) is 0 Å². The molecule has 0 spiro atoms. The molecule has 0 aromatic heterocycles. The number of non-ortho nitro benzene ring substituents is 1. The third-order valence-electron chi connectivity index (χ3n) is 4.09. The molecule has 21 heavy (non-hydrogen) atoms. The number of carbonyl (C=O) groups is 1. The molecular formula is C15H19IN2O3. The van der Waals surface area contributed by atoms with Crippen LogP contribution in [-0.2, 0) is 0 Å². The van der Waals surface area contributed by atoms with Gasteiger partial charge in [-0.15, -0.1) is 0 Å². The number of amides is 1. The Kier molecular flexibility index (Phi) is 4.55. The molecule has 1 atom stereocenters. The highest BCUT2D eigenvalue weighted by Gasteiger charge is 2.34. The zero-order valence-corrected chi connectivity index (χ0v) is 14.6. The lowest BCUT2D eigenvalue weighted by Gasteiger charge is -2.27. The summed E-state index contributed by atoms with van der Waals surface area (Å²) in [5, 5.41) is 10.9. The number of nitro benzene ring substituents is 1. The molecule has 1 aliphatic rings. The van der Waals surface area contributed by atoms with E-state index in [0.717, 1.165) is 23.1 Å². The quantitative estimate of drug-likeness (QED) is 0.431. The van der Waals surface area contributed by atoms with Crippen molar-refractivity contribution in [2.75, 3.05) is 13.1 Å². The van der Waals surface area contributed by atoms with Gasteiger partial charge >= 0.3 is 0 Å². The van der Waals surface area contributed by atoms with Crippen LogP contribution in [0.2, 0.25) is 0 Å². The molecule has 0 N–H and O–H groups in total. The van der Waals surface area contributed by atoms with Gasteiger partial charge in [0.15, 0.2) is 0 Å². The predicted molar refractivity (Wildman–Crippen MR) is 89.3 cm³/mol. The minimum Gasteiger partial charge on any atom is -0.338 e. The Labute approximate surface area is 138 Å². The Bertz CT molecular complexity index is 581. The SMILES string of the molecule is CC(C)(C)C1CCN(C(=O)c2cc([N+](=O)[O-])ccc2I)C1. The maximum absolute atomic E-state index is 12.6. The lowest BCUT2D eigenvalue weighted by molar-refractivity contribution is -0.384. The van der Waals surface area contributed by atoms with Gasteiger partial charge in [-0.25, -0.2) is 0 Å². The van der Waals surface area contributed by atoms with E-state index >= 15 is 0 Å². The minimum absolute atomic E-state index is 0.0367. The summed E-state index contributed by atoms with van der Waals surface area (Å²) < 4.78 is 0.752. The minimum atomic E-state index is -0.463. The van der Waals surface area contributed by atoms with Crippen LogP contribution in [0.25, 0.3) is 0 Å². The molecule has 1 aromatic carbocycles. The van der Waals surface area contributed by atoms with Crippen LogP contribution in [0.3, 0.4) is 0 Å².